The minimum absolute atomic E-state index is 0.0807. The first-order valence-electron chi connectivity index (χ1n) is 12.5. The number of para-hydroxylation sites is 1. The Hall–Kier alpha value is -3.01. The van der Waals surface area contributed by atoms with Gasteiger partial charge in [-0.1, -0.05) is 18.2 Å². The molecule has 1 atom stereocenters. The van der Waals surface area contributed by atoms with Crippen molar-refractivity contribution in [2.24, 2.45) is 0 Å². The predicted molar refractivity (Wildman–Crippen MR) is 139 cm³/mol. The van der Waals surface area contributed by atoms with Gasteiger partial charge in [-0.15, -0.1) is 11.8 Å². The summed E-state index contributed by atoms with van der Waals surface area (Å²) in [5, 5.41) is 4.92. The Bertz CT molecular complexity index is 1210. The maximum absolute atomic E-state index is 13.0. The number of ether oxygens (including phenoxy) is 3. The van der Waals surface area contributed by atoms with E-state index in [0.29, 0.717) is 19.0 Å². The number of carbonyl (C=O) groups is 1. The van der Waals surface area contributed by atoms with Crippen LogP contribution in [0.2, 0.25) is 0 Å². The number of nitrogens with zero attached hydrogens (tertiary/aromatic N) is 4. The van der Waals surface area contributed by atoms with Crippen molar-refractivity contribution >= 4 is 17.7 Å². The lowest BCUT2D eigenvalue weighted by molar-refractivity contribution is -0.128. The Morgan fingerprint density at radius 2 is 1.75 bits per heavy atom. The summed E-state index contributed by atoms with van der Waals surface area (Å²) in [7, 11) is 0. The summed E-state index contributed by atoms with van der Waals surface area (Å²) in [5.74, 6) is 2.16. The molecule has 0 aliphatic carbocycles. The Labute approximate surface area is 215 Å². The van der Waals surface area contributed by atoms with E-state index in [9.17, 15) is 4.79 Å². The second kappa shape index (κ2) is 10.5. The molecule has 9 heteroatoms. The molecule has 6 rings (SSSR count). The molecule has 2 aromatic carbocycles. The van der Waals surface area contributed by atoms with Crippen molar-refractivity contribution in [3.05, 3.63) is 60.3 Å². The molecule has 0 spiro atoms. The average Bonchev–Trinajstić information content (AvgIpc) is 3.53. The monoisotopic (exact) mass is 506 g/mol. The highest BCUT2D eigenvalue weighted by molar-refractivity contribution is 8.00. The third-order valence-corrected chi connectivity index (χ3v) is 8.03. The van der Waals surface area contributed by atoms with E-state index in [0.717, 1.165) is 79.8 Å². The van der Waals surface area contributed by atoms with Gasteiger partial charge in [0.15, 0.2) is 11.5 Å². The van der Waals surface area contributed by atoms with Gasteiger partial charge < -0.3 is 19.1 Å². The van der Waals surface area contributed by atoms with Crippen molar-refractivity contribution in [2.45, 2.75) is 11.8 Å². The van der Waals surface area contributed by atoms with E-state index in [4.69, 9.17) is 19.3 Å². The smallest absolute Gasteiger partial charge is 0.233 e. The molecule has 1 amide bonds. The maximum atomic E-state index is 13.0. The van der Waals surface area contributed by atoms with E-state index in [2.05, 4.69) is 11.1 Å². The molecule has 0 unspecified atom stereocenters. The number of morpholine rings is 1. The third-order valence-electron chi connectivity index (χ3n) is 6.79. The maximum Gasteiger partial charge on any atom is 0.233 e. The normalized spacial score (nSPS) is 20.2. The van der Waals surface area contributed by atoms with Crippen LogP contribution in [0.1, 0.15) is 17.4 Å². The first kappa shape index (κ1) is 23.4. The summed E-state index contributed by atoms with van der Waals surface area (Å²) >= 11 is 1.68. The van der Waals surface area contributed by atoms with Crippen molar-refractivity contribution in [1.82, 2.24) is 19.6 Å². The molecular weight excluding hydrogens is 476 g/mol. The van der Waals surface area contributed by atoms with E-state index in [1.54, 1.807) is 11.8 Å². The summed E-state index contributed by atoms with van der Waals surface area (Å²) in [6.45, 7) is 6.30. The standard InChI is InChI=1S/C27H30N4O4S/c32-25-19-36-27(30(25)10-4-9-29-11-13-33-14-12-29)22-18-31(21-5-2-1-3-6-21)28-26(22)20-7-8-23-24(17-20)35-16-15-34-23/h1-3,5-8,17-18,27H,4,9-16,19H2/t27-/m0/s1. The molecule has 0 bridgehead atoms. The van der Waals surface area contributed by atoms with Gasteiger partial charge in [0.2, 0.25) is 5.91 Å². The molecule has 36 heavy (non-hydrogen) atoms. The van der Waals surface area contributed by atoms with Crippen LogP contribution in [0.4, 0.5) is 0 Å². The quantitative estimate of drug-likeness (QED) is 0.485. The SMILES string of the molecule is O=C1CS[C@@H](c2cn(-c3ccccc3)nc2-c2ccc3c(c2)OCCO3)N1CCCN1CCOCC1. The topological polar surface area (TPSA) is 69.1 Å². The molecule has 3 aromatic rings. The van der Waals surface area contributed by atoms with Crippen molar-refractivity contribution in [2.75, 3.05) is 58.4 Å². The lowest BCUT2D eigenvalue weighted by Crippen LogP contribution is -2.38. The summed E-state index contributed by atoms with van der Waals surface area (Å²) in [5.41, 5.74) is 3.84. The van der Waals surface area contributed by atoms with Gasteiger partial charge in [-0.25, -0.2) is 4.68 Å². The van der Waals surface area contributed by atoms with Crippen LogP contribution in [0, 0.1) is 0 Å². The summed E-state index contributed by atoms with van der Waals surface area (Å²) < 4.78 is 19.0. The van der Waals surface area contributed by atoms with Gasteiger partial charge in [0.05, 0.1) is 30.3 Å². The molecule has 188 valence electrons. The number of rotatable bonds is 7. The van der Waals surface area contributed by atoms with E-state index in [1.807, 2.05) is 58.1 Å². The zero-order valence-corrected chi connectivity index (χ0v) is 21.0. The summed E-state index contributed by atoms with van der Waals surface area (Å²) in [6, 6.07) is 16.1. The number of thioether (sulfide) groups is 1. The third kappa shape index (κ3) is 4.83. The molecular formula is C27H30N4O4S. The molecule has 0 N–H and O–H groups in total. The number of aromatic nitrogens is 2. The predicted octanol–water partition coefficient (Wildman–Crippen LogP) is 3.61. The number of fused-ring (bicyclic) bond motifs is 1. The number of hydrogen-bond donors (Lipinski definition) is 0. The molecule has 4 heterocycles. The van der Waals surface area contributed by atoms with Gasteiger partial charge in [-0.3, -0.25) is 9.69 Å². The minimum atomic E-state index is -0.0807. The zero-order chi connectivity index (χ0) is 24.3. The van der Waals surface area contributed by atoms with Gasteiger partial charge >= 0.3 is 0 Å². The minimum Gasteiger partial charge on any atom is -0.486 e. The van der Waals surface area contributed by atoms with E-state index >= 15 is 0 Å². The fourth-order valence-corrected chi connectivity index (χ4v) is 6.16. The fourth-order valence-electron chi connectivity index (χ4n) is 4.94. The van der Waals surface area contributed by atoms with Crippen LogP contribution in [-0.4, -0.2) is 83.8 Å². The largest absolute Gasteiger partial charge is 0.486 e. The lowest BCUT2D eigenvalue weighted by Gasteiger charge is -2.28. The fraction of sp³-hybridized carbons (Fsp3) is 0.407. The van der Waals surface area contributed by atoms with Gasteiger partial charge in [0.1, 0.15) is 18.6 Å². The van der Waals surface area contributed by atoms with Crippen LogP contribution >= 0.6 is 11.8 Å². The van der Waals surface area contributed by atoms with E-state index in [1.165, 1.54) is 0 Å². The van der Waals surface area contributed by atoms with Crippen LogP contribution in [0.5, 0.6) is 11.5 Å². The van der Waals surface area contributed by atoms with Gasteiger partial charge in [-0.05, 0) is 36.8 Å². The molecule has 2 saturated heterocycles. The highest BCUT2D eigenvalue weighted by atomic mass is 32.2. The highest BCUT2D eigenvalue weighted by Crippen LogP contribution is 2.44. The molecule has 1 aromatic heterocycles. The van der Waals surface area contributed by atoms with Crippen LogP contribution < -0.4 is 9.47 Å². The van der Waals surface area contributed by atoms with Crippen molar-refractivity contribution in [3.63, 3.8) is 0 Å². The number of carbonyl (C=O) groups excluding carboxylic acids is 1. The zero-order valence-electron chi connectivity index (χ0n) is 20.2. The van der Waals surface area contributed by atoms with Crippen LogP contribution in [0.25, 0.3) is 16.9 Å². The second-order valence-electron chi connectivity index (χ2n) is 9.13. The molecule has 8 nitrogen and oxygen atoms in total. The Balaban J connectivity index is 1.31. The Morgan fingerprint density at radius 3 is 2.58 bits per heavy atom. The van der Waals surface area contributed by atoms with E-state index < -0.39 is 0 Å². The Morgan fingerprint density at radius 1 is 0.944 bits per heavy atom. The van der Waals surface area contributed by atoms with Crippen LogP contribution in [0.15, 0.2) is 54.7 Å². The molecule has 0 saturated carbocycles. The Kier molecular flexibility index (Phi) is 6.85. The number of benzene rings is 2. The van der Waals surface area contributed by atoms with Gasteiger partial charge in [-0.2, -0.15) is 5.10 Å². The molecule has 3 aliphatic rings. The van der Waals surface area contributed by atoms with E-state index in [-0.39, 0.29) is 11.3 Å². The first-order chi connectivity index (χ1) is 17.8. The van der Waals surface area contributed by atoms with Crippen molar-refractivity contribution < 1.29 is 19.0 Å². The molecule has 0 radical (unpaired) electrons. The molecule has 2 fully saturated rings. The van der Waals surface area contributed by atoms with Crippen LogP contribution in [-0.2, 0) is 9.53 Å². The highest BCUT2D eigenvalue weighted by Gasteiger charge is 2.36. The van der Waals surface area contributed by atoms with Crippen molar-refractivity contribution in [3.8, 4) is 28.4 Å². The van der Waals surface area contributed by atoms with Crippen LogP contribution in [0.3, 0.4) is 0 Å². The van der Waals surface area contributed by atoms with Gasteiger partial charge in [0.25, 0.3) is 0 Å². The summed E-state index contributed by atoms with van der Waals surface area (Å²) in [4.78, 5) is 17.4. The average molecular weight is 507 g/mol. The number of amides is 1. The second-order valence-corrected chi connectivity index (χ2v) is 10.2. The molecule has 3 aliphatic heterocycles. The van der Waals surface area contributed by atoms with Crippen molar-refractivity contribution in [1.29, 1.82) is 0 Å². The number of hydrogen-bond acceptors (Lipinski definition) is 7. The first-order valence-corrected chi connectivity index (χ1v) is 13.6. The van der Waals surface area contributed by atoms with Gasteiger partial charge in [0, 0.05) is 43.5 Å². The summed E-state index contributed by atoms with van der Waals surface area (Å²) in [6.07, 6.45) is 3.02. The lowest BCUT2D eigenvalue weighted by atomic mass is 10.1.